The molecular weight excluding hydrogens is 291 g/mol. The lowest BCUT2D eigenvalue weighted by Crippen LogP contribution is -2.28. The first-order valence-corrected chi connectivity index (χ1v) is 7.65. The summed E-state index contributed by atoms with van der Waals surface area (Å²) in [4.78, 5) is 12.0. The minimum Gasteiger partial charge on any atom is -0.316 e. The summed E-state index contributed by atoms with van der Waals surface area (Å²) < 4.78 is 13.1. The summed E-state index contributed by atoms with van der Waals surface area (Å²) in [5, 5.41) is 15.5. The molecule has 3 rings (SSSR count). The molecular formula is C14H15FN4OS. The molecule has 0 bridgehead atoms. The Morgan fingerprint density at radius 2 is 2.33 bits per heavy atom. The Balaban J connectivity index is 1.68. The number of nitrogens with zero attached hydrogens (tertiary/aromatic N) is 2. The second-order valence-electron chi connectivity index (χ2n) is 4.95. The van der Waals surface area contributed by atoms with Gasteiger partial charge in [0, 0.05) is 18.0 Å². The highest BCUT2D eigenvalue weighted by Crippen LogP contribution is 2.28. The van der Waals surface area contributed by atoms with Crippen LogP contribution in [0.25, 0.3) is 0 Å². The minimum absolute atomic E-state index is 0.270. The SMILES string of the molecule is O=C(Nc1nnc(C2CCCNC2)s1)c1cccc(F)c1. The number of anilines is 1. The number of benzene rings is 1. The molecule has 1 saturated heterocycles. The van der Waals surface area contributed by atoms with Crippen molar-refractivity contribution in [2.75, 3.05) is 18.4 Å². The lowest BCUT2D eigenvalue weighted by atomic mass is 10.0. The molecule has 21 heavy (non-hydrogen) atoms. The summed E-state index contributed by atoms with van der Waals surface area (Å²) in [6, 6.07) is 5.56. The van der Waals surface area contributed by atoms with Gasteiger partial charge in [-0.2, -0.15) is 0 Å². The van der Waals surface area contributed by atoms with Gasteiger partial charge in [-0.3, -0.25) is 10.1 Å². The van der Waals surface area contributed by atoms with Gasteiger partial charge in [0.05, 0.1) is 0 Å². The van der Waals surface area contributed by atoms with Gasteiger partial charge < -0.3 is 5.32 Å². The van der Waals surface area contributed by atoms with Crippen molar-refractivity contribution in [2.24, 2.45) is 0 Å². The number of hydrogen-bond donors (Lipinski definition) is 2. The lowest BCUT2D eigenvalue weighted by Gasteiger charge is -2.19. The Bertz CT molecular complexity index is 639. The van der Waals surface area contributed by atoms with Gasteiger partial charge in [0.25, 0.3) is 5.91 Å². The zero-order chi connectivity index (χ0) is 14.7. The van der Waals surface area contributed by atoms with E-state index < -0.39 is 5.82 Å². The van der Waals surface area contributed by atoms with Gasteiger partial charge in [-0.05, 0) is 37.6 Å². The molecule has 1 atom stereocenters. The summed E-state index contributed by atoms with van der Waals surface area (Å²) in [7, 11) is 0. The van der Waals surface area contributed by atoms with E-state index in [9.17, 15) is 9.18 Å². The number of carbonyl (C=O) groups excluding carboxylic acids is 1. The molecule has 1 aromatic carbocycles. The quantitative estimate of drug-likeness (QED) is 0.914. The van der Waals surface area contributed by atoms with Crippen molar-refractivity contribution in [3.63, 3.8) is 0 Å². The van der Waals surface area contributed by atoms with Gasteiger partial charge >= 0.3 is 0 Å². The first-order chi connectivity index (χ1) is 10.2. The van der Waals surface area contributed by atoms with E-state index in [2.05, 4.69) is 20.8 Å². The van der Waals surface area contributed by atoms with Crippen LogP contribution >= 0.6 is 11.3 Å². The number of carbonyl (C=O) groups is 1. The fourth-order valence-corrected chi connectivity index (χ4v) is 3.18. The Morgan fingerprint density at radius 1 is 1.43 bits per heavy atom. The van der Waals surface area contributed by atoms with Crippen LogP contribution in [0.3, 0.4) is 0 Å². The monoisotopic (exact) mass is 306 g/mol. The highest BCUT2D eigenvalue weighted by Gasteiger charge is 2.20. The Labute approximate surface area is 125 Å². The number of halogens is 1. The molecule has 1 amide bonds. The maximum Gasteiger partial charge on any atom is 0.257 e. The van der Waals surface area contributed by atoms with Crippen molar-refractivity contribution < 1.29 is 9.18 Å². The molecule has 1 fully saturated rings. The van der Waals surface area contributed by atoms with E-state index in [-0.39, 0.29) is 11.5 Å². The standard InChI is InChI=1S/C14H15FN4OS/c15-11-5-1-3-9(7-11)12(20)17-14-19-18-13(21-14)10-4-2-6-16-8-10/h1,3,5,7,10,16H,2,4,6,8H2,(H,17,19,20). The number of rotatable bonds is 3. The Hall–Kier alpha value is -1.86. The van der Waals surface area contributed by atoms with E-state index in [0.29, 0.717) is 11.0 Å². The van der Waals surface area contributed by atoms with Crippen LogP contribution < -0.4 is 10.6 Å². The average molecular weight is 306 g/mol. The molecule has 2 aromatic rings. The number of piperidine rings is 1. The molecule has 2 N–H and O–H groups in total. The third-order valence-corrected chi connectivity index (χ3v) is 4.40. The molecule has 2 heterocycles. The lowest BCUT2D eigenvalue weighted by molar-refractivity contribution is 0.102. The fraction of sp³-hybridized carbons (Fsp3) is 0.357. The molecule has 5 nitrogen and oxygen atoms in total. The predicted molar refractivity (Wildman–Crippen MR) is 79.1 cm³/mol. The van der Waals surface area contributed by atoms with Crippen LogP contribution in [0.1, 0.15) is 34.1 Å². The third kappa shape index (κ3) is 3.43. The molecule has 110 valence electrons. The van der Waals surface area contributed by atoms with Crippen molar-refractivity contribution in [1.29, 1.82) is 0 Å². The average Bonchev–Trinajstić information content (AvgIpc) is 2.97. The van der Waals surface area contributed by atoms with Crippen LogP contribution in [-0.4, -0.2) is 29.2 Å². The first-order valence-electron chi connectivity index (χ1n) is 6.83. The second kappa shape index (κ2) is 6.28. The molecule has 1 aliphatic rings. The fourth-order valence-electron chi connectivity index (χ4n) is 2.31. The van der Waals surface area contributed by atoms with Crippen molar-refractivity contribution in [2.45, 2.75) is 18.8 Å². The molecule has 0 saturated carbocycles. The normalized spacial score (nSPS) is 18.4. The second-order valence-corrected chi connectivity index (χ2v) is 5.96. The zero-order valence-electron chi connectivity index (χ0n) is 11.3. The largest absolute Gasteiger partial charge is 0.316 e. The van der Waals surface area contributed by atoms with E-state index in [1.165, 1.54) is 29.5 Å². The molecule has 1 unspecified atom stereocenters. The van der Waals surface area contributed by atoms with Crippen molar-refractivity contribution >= 4 is 22.4 Å². The minimum atomic E-state index is -0.436. The predicted octanol–water partition coefficient (Wildman–Crippen LogP) is 2.40. The smallest absolute Gasteiger partial charge is 0.257 e. The Kier molecular flexibility index (Phi) is 4.21. The van der Waals surface area contributed by atoms with E-state index >= 15 is 0 Å². The summed E-state index contributed by atoms with van der Waals surface area (Å²) in [6.45, 7) is 1.94. The van der Waals surface area contributed by atoms with Crippen molar-refractivity contribution in [1.82, 2.24) is 15.5 Å². The van der Waals surface area contributed by atoms with Crippen molar-refractivity contribution in [3.8, 4) is 0 Å². The molecule has 0 aliphatic carbocycles. The first kappa shape index (κ1) is 14.1. The topological polar surface area (TPSA) is 66.9 Å². The summed E-state index contributed by atoms with van der Waals surface area (Å²) >= 11 is 1.38. The van der Waals surface area contributed by atoms with Gasteiger partial charge in [-0.15, -0.1) is 10.2 Å². The van der Waals surface area contributed by atoms with Gasteiger partial charge in [-0.25, -0.2) is 4.39 Å². The van der Waals surface area contributed by atoms with E-state index in [1.807, 2.05) is 0 Å². The van der Waals surface area contributed by atoms with Crippen LogP contribution in [0.4, 0.5) is 9.52 Å². The van der Waals surface area contributed by atoms with Crippen LogP contribution in [-0.2, 0) is 0 Å². The summed E-state index contributed by atoms with van der Waals surface area (Å²) in [6.07, 6.45) is 2.20. The third-order valence-electron chi connectivity index (χ3n) is 3.39. The molecule has 1 aromatic heterocycles. The molecule has 7 heteroatoms. The van der Waals surface area contributed by atoms with Gasteiger partial charge in [0.1, 0.15) is 10.8 Å². The summed E-state index contributed by atoms with van der Waals surface area (Å²) in [5.41, 5.74) is 0.270. The molecule has 0 spiro atoms. The van der Waals surface area contributed by atoms with E-state index in [0.717, 1.165) is 30.9 Å². The number of nitrogens with one attached hydrogen (secondary N) is 2. The highest BCUT2D eigenvalue weighted by molar-refractivity contribution is 7.15. The Morgan fingerprint density at radius 3 is 3.10 bits per heavy atom. The molecule has 0 radical (unpaired) electrons. The summed E-state index contributed by atoms with van der Waals surface area (Å²) in [5.74, 6) is -0.455. The van der Waals surface area contributed by atoms with Crippen molar-refractivity contribution in [3.05, 3.63) is 40.7 Å². The van der Waals surface area contributed by atoms with E-state index in [1.54, 1.807) is 6.07 Å². The zero-order valence-corrected chi connectivity index (χ0v) is 12.1. The maximum absolute atomic E-state index is 13.1. The van der Waals surface area contributed by atoms with Gasteiger partial charge in [0.2, 0.25) is 5.13 Å². The van der Waals surface area contributed by atoms with Crippen LogP contribution in [0.15, 0.2) is 24.3 Å². The maximum atomic E-state index is 13.1. The van der Waals surface area contributed by atoms with Gasteiger partial charge in [0.15, 0.2) is 0 Å². The van der Waals surface area contributed by atoms with Crippen LogP contribution in [0, 0.1) is 5.82 Å². The van der Waals surface area contributed by atoms with E-state index in [4.69, 9.17) is 0 Å². The van der Waals surface area contributed by atoms with Crippen LogP contribution in [0.5, 0.6) is 0 Å². The number of aromatic nitrogens is 2. The van der Waals surface area contributed by atoms with Gasteiger partial charge in [-0.1, -0.05) is 17.4 Å². The highest BCUT2D eigenvalue weighted by atomic mass is 32.1. The molecule has 1 aliphatic heterocycles. The van der Waals surface area contributed by atoms with Crippen LogP contribution in [0.2, 0.25) is 0 Å². The number of hydrogen-bond acceptors (Lipinski definition) is 5. The number of amides is 1.